The van der Waals surface area contributed by atoms with Gasteiger partial charge in [-0.3, -0.25) is 0 Å². The van der Waals surface area contributed by atoms with Gasteiger partial charge in [-0.25, -0.2) is 9.67 Å². The summed E-state index contributed by atoms with van der Waals surface area (Å²) in [6.45, 7) is 0. The molecule has 0 amide bonds. The Bertz CT molecular complexity index is 697. The van der Waals surface area contributed by atoms with Crippen molar-refractivity contribution in [2.24, 2.45) is 0 Å². The van der Waals surface area contributed by atoms with Gasteiger partial charge in [0.15, 0.2) is 0 Å². The SMILES string of the molecule is COc1nc(-n2cccn2)nc2c(Cl)cccc12. The molecule has 0 aliphatic heterocycles. The molecule has 18 heavy (non-hydrogen) atoms. The number of ether oxygens (including phenoxy) is 1. The quantitative estimate of drug-likeness (QED) is 0.710. The van der Waals surface area contributed by atoms with E-state index in [4.69, 9.17) is 16.3 Å². The van der Waals surface area contributed by atoms with Gasteiger partial charge in [0, 0.05) is 12.4 Å². The first-order chi connectivity index (χ1) is 8.79. The van der Waals surface area contributed by atoms with Gasteiger partial charge in [-0.05, 0) is 18.2 Å². The molecule has 3 rings (SSSR count). The molecule has 2 aromatic heterocycles. The number of rotatable bonds is 2. The molecule has 90 valence electrons. The summed E-state index contributed by atoms with van der Waals surface area (Å²) in [6, 6.07) is 7.28. The molecule has 0 atom stereocenters. The second-order valence-electron chi connectivity index (χ2n) is 3.62. The Balaban J connectivity index is 2.33. The lowest BCUT2D eigenvalue weighted by Crippen LogP contribution is -2.04. The van der Waals surface area contributed by atoms with Crippen molar-refractivity contribution in [1.82, 2.24) is 19.7 Å². The molecule has 1 aromatic carbocycles. The lowest BCUT2D eigenvalue weighted by atomic mass is 10.2. The van der Waals surface area contributed by atoms with E-state index in [2.05, 4.69) is 15.1 Å². The molecule has 2 heterocycles. The van der Waals surface area contributed by atoms with Crippen molar-refractivity contribution in [1.29, 1.82) is 0 Å². The van der Waals surface area contributed by atoms with Crippen LogP contribution in [-0.4, -0.2) is 26.9 Å². The molecular formula is C12H9ClN4O. The third-order valence-corrected chi connectivity index (χ3v) is 2.84. The van der Waals surface area contributed by atoms with E-state index in [1.165, 1.54) is 0 Å². The molecule has 0 radical (unpaired) electrons. The minimum atomic E-state index is 0.428. The van der Waals surface area contributed by atoms with Crippen LogP contribution in [0.5, 0.6) is 5.88 Å². The fourth-order valence-electron chi connectivity index (χ4n) is 1.72. The van der Waals surface area contributed by atoms with Crippen molar-refractivity contribution >= 4 is 22.5 Å². The van der Waals surface area contributed by atoms with E-state index >= 15 is 0 Å². The largest absolute Gasteiger partial charge is 0.480 e. The predicted octanol–water partition coefficient (Wildman–Crippen LogP) is 2.48. The van der Waals surface area contributed by atoms with E-state index in [-0.39, 0.29) is 0 Å². The normalized spacial score (nSPS) is 10.8. The van der Waals surface area contributed by atoms with E-state index in [1.54, 1.807) is 36.3 Å². The van der Waals surface area contributed by atoms with Gasteiger partial charge in [0.25, 0.3) is 5.95 Å². The van der Waals surface area contributed by atoms with Crippen LogP contribution in [0.2, 0.25) is 5.02 Å². The smallest absolute Gasteiger partial charge is 0.254 e. The third-order valence-electron chi connectivity index (χ3n) is 2.53. The predicted molar refractivity (Wildman–Crippen MR) is 68.2 cm³/mol. The van der Waals surface area contributed by atoms with Gasteiger partial charge >= 0.3 is 0 Å². The number of halogens is 1. The van der Waals surface area contributed by atoms with E-state index in [9.17, 15) is 0 Å². The molecule has 0 saturated heterocycles. The second-order valence-corrected chi connectivity index (χ2v) is 4.03. The first-order valence-electron chi connectivity index (χ1n) is 5.30. The molecule has 6 heteroatoms. The summed E-state index contributed by atoms with van der Waals surface area (Å²) in [5.41, 5.74) is 0.650. The maximum Gasteiger partial charge on any atom is 0.254 e. The zero-order valence-electron chi connectivity index (χ0n) is 9.54. The highest BCUT2D eigenvalue weighted by Gasteiger charge is 2.11. The molecule has 0 bridgehead atoms. The number of hydrogen-bond acceptors (Lipinski definition) is 4. The van der Waals surface area contributed by atoms with Gasteiger partial charge in [-0.2, -0.15) is 10.1 Å². The lowest BCUT2D eigenvalue weighted by Gasteiger charge is -2.07. The fourth-order valence-corrected chi connectivity index (χ4v) is 1.94. The summed E-state index contributed by atoms with van der Waals surface area (Å²) >= 11 is 6.14. The van der Waals surface area contributed by atoms with E-state index in [1.807, 2.05) is 12.1 Å². The zero-order valence-corrected chi connectivity index (χ0v) is 10.3. The first kappa shape index (κ1) is 11.0. The van der Waals surface area contributed by atoms with Crippen molar-refractivity contribution in [3.63, 3.8) is 0 Å². The van der Waals surface area contributed by atoms with Crippen molar-refractivity contribution in [3.05, 3.63) is 41.7 Å². The number of para-hydroxylation sites is 1. The summed E-state index contributed by atoms with van der Waals surface area (Å²) < 4.78 is 6.83. The summed E-state index contributed by atoms with van der Waals surface area (Å²) in [5.74, 6) is 0.908. The standard InChI is InChI=1S/C12H9ClN4O/c1-18-11-8-4-2-5-9(13)10(8)15-12(16-11)17-7-3-6-14-17/h2-7H,1H3. The van der Waals surface area contributed by atoms with Crippen LogP contribution in [0.25, 0.3) is 16.9 Å². The molecule has 0 unspecified atom stereocenters. The number of aromatic nitrogens is 4. The van der Waals surface area contributed by atoms with E-state index in [0.29, 0.717) is 22.4 Å². The topological polar surface area (TPSA) is 52.8 Å². The van der Waals surface area contributed by atoms with Gasteiger partial charge in [0.05, 0.1) is 23.0 Å². The monoisotopic (exact) mass is 260 g/mol. The van der Waals surface area contributed by atoms with Crippen molar-refractivity contribution in [2.75, 3.05) is 7.11 Å². The highest BCUT2D eigenvalue weighted by molar-refractivity contribution is 6.35. The number of fused-ring (bicyclic) bond motifs is 1. The van der Waals surface area contributed by atoms with Gasteiger partial charge < -0.3 is 4.74 Å². The molecule has 0 spiro atoms. The maximum absolute atomic E-state index is 6.14. The van der Waals surface area contributed by atoms with Crippen molar-refractivity contribution in [3.8, 4) is 11.8 Å². The van der Waals surface area contributed by atoms with Crippen molar-refractivity contribution < 1.29 is 4.74 Å². The number of hydrogen-bond donors (Lipinski definition) is 0. The van der Waals surface area contributed by atoms with Gasteiger partial charge in [-0.1, -0.05) is 17.7 Å². The van der Waals surface area contributed by atoms with E-state index in [0.717, 1.165) is 5.39 Å². The highest BCUT2D eigenvalue weighted by Crippen LogP contribution is 2.28. The molecule has 0 aliphatic carbocycles. The average molecular weight is 261 g/mol. The van der Waals surface area contributed by atoms with Crippen LogP contribution in [0.1, 0.15) is 0 Å². The summed E-state index contributed by atoms with van der Waals surface area (Å²) in [7, 11) is 1.57. The van der Waals surface area contributed by atoms with Gasteiger partial charge in [-0.15, -0.1) is 0 Å². The second kappa shape index (κ2) is 4.27. The average Bonchev–Trinajstić information content (AvgIpc) is 2.92. The van der Waals surface area contributed by atoms with Crippen LogP contribution < -0.4 is 4.74 Å². The summed E-state index contributed by atoms with van der Waals surface area (Å²) in [5, 5.41) is 5.43. The molecule has 0 aliphatic rings. The van der Waals surface area contributed by atoms with Crippen LogP contribution in [-0.2, 0) is 0 Å². The highest BCUT2D eigenvalue weighted by atomic mass is 35.5. The number of nitrogens with zero attached hydrogens (tertiary/aromatic N) is 4. The zero-order chi connectivity index (χ0) is 12.5. The maximum atomic E-state index is 6.14. The third kappa shape index (κ3) is 1.69. The first-order valence-corrected chi connectivity index (χ1v) is 5.67. The minimum Gasteiger partial charge on any atom is -0.480 e. The Labute approximate surface area is 108 Å². The Morgan fingerprint density at radius 2 is 2.11 bits per heavy atom. The molecule has 0 fully saturated rings. The molecule has 3 aromatic rings. The summed E-state index contributed by atoms with van der Waals surface area (Å²) in [6.07, 6.45) is 3.42. The minimum absolute atomic E-state index is 0.428. The lowest BCUT2D eigenvalue weighted by molar-refractivity contribution is 0.401. The van der Waals surface area contributed by atoms with Crippen LogP contribution in [0, 0.1) is 0 Å². The molecule has 0 saturated carbocycles. The Hall–Kier alpha value is -2.14. The Morgan fingerprint density at radius 1 is 1.22 bits per heavy atom. The summed E-state index contributed by atoms with van der Waals surface area (Å²) in [4.78, 5) is 8.71. The molecule has 0 N–H and O–H groups in total. The van der Waals surface area contributed by atoms with E-state index < -0.39 is 0 Å². The van der Waals surface area contributed by atoms with Crippen LogP contribution >= 0.6 is 11.6 Å². The Morgan fingerprint density at radius 3 is 2.83 bits per heavy atom. The van der Waals surface area contributed by atoms with Crippen molar-refractivity contribution in [2.45, 2.75) is 0 Å². The Kier molecular flexibility index (Phi) is 2.60. The van der Waals surface area contributed by atoms with Crippen LogP contribution in [0.3, 0.4) is 0 Å². The number of benzene rings is 1. The molecule has 5 nitrogen and oxygen atoms in total. The van der Waals surface area contributed by atoms with Gasteiger partial charge in [0.1, 0.15) is 0 Å². The number of methoxy groups -OCH3 is 1. The van der Waals surface area contributed by atoms with Crippen LogP contribution in [0.15, 0.2) is 36.7 Å². The van der Waals surface area contributed by atoms with Gasteiger partial charge in [0.2, 0.25) is 5.88 Å². The van der Waals surface area contributed by atoms with Crippen LogP contribution in [0.4, 0.5) is 0 Å². The fraction of sp³-hybridized carbons (Fsp3) is 0.0833. The molecular weight excluding hydrogens is 252 g/mol.